The van der Waals surface area contributed by atoms with Crippen LogP contribution in [-0.2, 0) is 20.0 Å². The molecule has 6 heteroatoms. The molecular weight excluding hydrogens is 230 g/mol. The Labute approximate surface area is 100 Å². The fourth-order valence-corrected chi connectivity index (χ4v) is 1.80. The predicted molar refractivity (Wildman–Crippen MR) is 62.4 cm³/mol. The number of aromatic nitrogens is 2. The number of aryl methyl sites for hydroxylation is 2. The first-order valence-corrected chi connectivity index (χ1v) is 5.67. The highest BCUT2D eigenvalue weighted by molar-refractivity contribution is 6.31. The van der Waals surface area contributed by atoms with Crippen LogP contribution in [0.2, 0.25) is 5.02 Å². The number of rotatable bonds is 6. The summed E-state index contributed by atoms with van der Waals surface area (Å²) in [6.07, 6.45) is 0.788. The summed E-state index contributed by atoms with van der Waals surface area (Å²) >= 11 is 6.15. The molecule has 0 unspecified atom stereocenters. The average molecular weight is 248 g/mol. The highest BCUT2D eigenvalue weighted by Gasteiger charge is 2.14. The minimum absolute atomic E-state index is 0.105. The number of hydrogen-bond acceptors (Lipinski definition) is 4. The summed E-state index contributed by atoms with van der Waals surface area (Å²) in [6.45, 7) is 2.27. The fourth-order valence-electron chi connectivity index (χ4n) is 1.44. The van der Waals surface area contributed by atoms with E-state index in [4.69, 9.17) is 21.8 Å². The van der Waals surface area contributed by atoms with Crippen LogP contribution in [0.3, 0.4) is 0 Å². The van der Waals surface area contributed by atoms with Crippen molar-refractivity contribution in [2.45, 2.75) is 25.9 Å². The third-order valence-corrected chi connectivity index (χ3v) is 2.94. The van der Waals surface area contributed by atoms with Gasteiger partial charge in [0.1, 0.15) is 0 Å². The Morgan fingerprint density at radius 3 is 2.50 bits per heavy atom. The molecule has 0 aliphatic carbocycles. The van der Waals surface area contributed by atoms with Gasteiger partial charge in [-0.05, 0) is 6.42 Å². The number of hydrogen-bond donors (Lipinski definition) is 3. The van der Waals surface area contributed by atoms with Crippen LogP contribution in [0.1, 0.15) is 18.3 Å². The van der Waals surface area contributed by atoms with E-state index in [9.17, 15) is 0 Å². The van der Waals surface area contributed by atoms with Crippen molar-refractivity contribution in [1.29, 1.82) is 0 Å². The number of aliphatic hydroxyl groups is 2. The summed E-state index contributed by atoms with van der Waals surface area (Å²) in [5.41, 5.74) is 1.73. The molecule has 0 fully saturated rings. The number of halogens is 1. The van der Waals surface area contributed by atoms with E-state index in [0.29, 0.717) is 11.6 Å². The summed E-state index contributed by atoms with van der Waals surface area (Å²) in [6, 6.07) is -0.323. The number of aliphatic hydroxyl groups excluding tert-OH is 2. The van der Waals surface area contributed by atoms with E-state index in [1.807, 2.05) is 14.0 Å². The van der Waals surface area contributed by atoms with Gasteiger partial charge in [0.15, 0.2) is 0 Å². The Morgan fingerprint density at radius 2 is 2.06 bits per heavy atom. The van der Waals surface area contributed by atoms with Crippen molar-refractivity contribution in [3.05, 3.63) is 16.4 Å². The zero-order valence-electron chi connectivity index (χ0n) is 9.57. The van der Waals surface area contributed by atoms with Crippen molar-refractivity contribution in [2.75, 3.05) is 13.2 Å². The molecule has 1 aromatic heterocycles. The van der Waals surface area contributed by atoms with Gasteiger partial charge in [-0.2, -0.15) is 5.10 Å². The largest absolute Gasteiger partial charge is 0.395 e. The zero-order chi connectivity index (χ0) is 12.1. The van der Waals surface area contributed by atoms with Crippen LogP contribution in [0, 0.1) is 0 Å². The first-order chi connectivity index (χ1) is 7.63. The molecule has 0 aliphatic heterocycles. The van der Waals surface area contributed by atoms with E-state index < -0.39 is 0 Å². The second-order valence-electron chi connectivity index (χ2n) is 3.63. The van der Waals surface area contributed by atoms with Crippen LogP contribution in [0.5, 0.6) is 0 Å². The molecule has 0 spiro atoms. The van der Waals surface area contributed by atoms with Crippen LogP contribution in [-0.4, -0.2) is 39.2 Å². The Bertz CT molecular complexity index is 337. The highest BCUT2D eigenvalue weighted by atomic mass is 35.5. The monoisotopic (exact) mass is 247 g/mol. The van der Waals surface area contributed by atoms with Gasteiger partial charge in [-0.25, -0.2) is 0 Å². The molecule has 1 aromatic rings. The summed E-state index contributed by atoms with van der Waals surface area (Å²) in [5.74, 6) is 0. The van der Waals surface area contributed by atoms with Gasteiger partial charge >= 0.3 is 0 Å². The quantitative estimate of drug-likeness (QED) is 0.666. The van der Waals surface area contributed by atoms with E-state index in [1.165, 1.54) is 0 Å². The molecule has 92 valence electrons. The molecule has 0 amide bonds. The SMILES string of the molecule is CCc1nn(C)c(CNC(CO)CO)c1Cl. The maximum Gasteiger partial charge on any atom is 0.0863 e. The zero-order valence-corrected chi connectivity index (χ0v) is 10.3. The van der Waals surface area contributed by atoms with Gasteiger partial charge < -0.3 is 15.5 Å². The molecule has 1 heterocycles. The lowest BCUT2D eigenvalue weighted by molar-refractivity contribution is 0.169. The third-order valence-electron chi connectivity index (χ3n) is 2.50. The van der Waals surface area contributed by atoms with Gasteiger partial charge in [0.2, 0.25) is 0 Å². The predicted octanol–water partition coefficient (Wildman–Crippen LogP) is 0.0787. The molecule has 0 bridgehead atoms. The van der Waals surface area contributed by atoms with Crippen LogP contribution in [0.25, 0.3) is 0 Å². The maximum atomic E-state index is 8.92. The molecule has 0 radical (unpaired) electrons. The second kappa shape index (κ2) is 6.20. The lowest BCUT2D eigenvalue weighted by Gasteiger charge is -2.13. The van der Waals surface area contributed by atoms with E-state index in [2.05, 4.69) is 10.4 Å². The van der Waals surface area contributed by atoms with Crippen LogP contribution in [0.4, 0.5) is 0 Å². The van der Waals surface area contributed by atoms with Gasteiger partial charge in [0.25, 0.3) is 0 Å². The molecule has 5 nitrogen and oxygen atoms in total. The Hall–Kier alpha value is -0.620. The lowest BCUT2D eigenvalue weighted by atomic mass is 10.2. The first kappa shape index (κ1) is 13.4. The number of nitrogens with one attached hydrogen (secondary N) is 1. The molecule has 0 aromatic carbocycles. The minimum Gasteiger partial charge on any atom is -0.395 e. The molecule has 16 heavy (non-hydrogen) atoms. The fraction of sp³-hybridized carbons (Fsp3) is 0.700. The Kier molecular flexibility index (Phi) is 5.21. The molecule has 1 rings (SSSR count). The highest BCUT2D eigenvalue weighted by Crippen LogP contribution is 2.20. The van der Waals surface area contributed by atoms with Gasteiger partial charge in [0.05, 0.1) is 35.7 Å². The Balaban J connectivity index is 2.69. The molecule has 3 N–H and O–H groups in total. The number of nitrogens with zero attached hydrogens (tertiary/aromatic N) is 2. The van der Waals surface area contributed by atoms with Gasteiger partial charge in [-0.3, -0.25) is 4.68 Å². The van der Waals surface area contributed by atoms with Crippen molar-refractivity contribution in [3.8, 4) is 0 Å². The summed E-state index contributed by atoms with van der Waals surface area (Å²) in [4.78, 5) is 0. The van der Waals surface area contributed by atoms with E-state index in [1.54, 1.807) is 4.68 Å². The maximum absolute atomic E-state index is 8.92. The molecule has 0 saturated heterocycles. The summed E-state index contributed by atoms with van der Waals surface area (Å²) in [7, 11) is 1.83. The van der Waals surface area contributed by atoms with Crippen LogP contribution < -0.4 is 5.32 Å². The standard InChI is InChI=1S/C10H18ClN3O2/c1-3-8-10(11)9(14(2)13-8)4-12-7(5-15)6-16/h7,12,15-16H,3-6H2,1-2H3. The molecule has 0 saturated carbocycles. The van der Waals surface area contributed by atoms with Gasteiger partial charge in [0, 0.05) is 13.6 Å². The van der Waals surface area contributed by atoms with E-state index in [-0.39, 0.29) is 19.3 Å². The topological polar surface area (TPSA) is 70.3 Å². The minimum atomic E-state index is -0.323. The third kappa shape index (κ3) is 2.95. The smallest absolute Gasteiger partial charge is 0.0863 e. The van der Waals surface area contributed by atoms with Gasteiger partial charge in [-0.1, -0.05) is 18.5 Å². The van der Waals surface area contributed by atoms with Gasteiger partial charge in [-0.15, -0.1) is 0 Å². The van der Waals surface area contributed by atoms with Crippen molar-refractivity contribution in [2.24, 2.45) is 7.05 Å². The summed E-state index contributed by atoms with van der Waals surface area (Å²) < 4.78 is 1.72. The van der Waals surface area contributed by atoms with Crippen molar-refractivity contribution in [3.63, 3.8) is 0 Å². The van der Waals surface area contributed by atoms with Crippen LogP contribution in [0.15, 0.2) is 0 Å². The van der Waals surface area contributed by atoms with Crippen LogP contribution >= 0.6 is 11.6 Å². The second-order valence-corrected chi connectivity index (χ2v) is 4.01. The Morgan fingerprint density at radius 1 is 1.44 bits per heavy atom. The average Bonchev–Trinajstić information content (AvgIpc) is 2.56. The summed E-state index contributed by atoms with van der Waals surface area (Å²) in [5, 5.41) is 25.8. The van der Waals surface area contributed by atoms with Crippen molar-refractivity contribution in [1.82, 2.24) is 15.1 Å². The normalized spacial score (nSPS) is 11.4. The lowest BCUT2D eigenvalue weighted by Crippen LogP contribution is -2.35. The van der Waals surface area contributed by atoms with E-state index >= 15 is 0 Å². The first-order valence-electron chi connectivity index (χ1n) is 5.29. The molecule has 0 aliphatic rings. The molecular formula is C10H18ClN3O2. The molecule has 0 atom stereocenters. The van der Waals surface area contributed by atoms with Crippen molar-refractivity contribution < 1.29 is 10.2 Å². The van der Waals surface area contributed by atoms with Crippen molar-refractivity contribution >= 4 is 11.6 Å². The van der Waals surface area contributed by atoms with E-state index in [0.717, 1.165) is 17.8 Å².